The number of carbonyl (C=O) groups excluding carboxylic acids is 1. The van der Waals surface area contributed by atoms with Gasteiger partial charge in [0.2, 0.25) is 0 Å². The highest BCUT2D eigenvalue weighted by atomic mass is 35.5. The van der Waals surface area contributed by atoms with Crippen LogP contribution < -0.4 is 5.32 Å². The highest BCUT2D eigenvalue weighted by molar-refractivity contribution is 7.23. The summed E-state index contributed by atoms with van der Waals surface area (Å²) in [5.74, 6) is -0.235. The zero-order valence-corrected chi connectivity index (χ0v) is 23.5. The molecule has 3 aromatic carbocycles. The molecule has 0 atom stereocenters. The van der Waals surface area contributed by atoms with E-state index in [-0.39, 0.29) is 18.3 Å². The standard InChI is InChI=1S/C28H21Cl2N3OS2.ClH/c29-19-12-18(13-20(30)14-19)26(34)32-28-25(27-31-22-8-4-5-9-23(22)35-27)21-10-11-33(16-24(21)36-28)15-17-6-2-1-3-7-17;/h1-9,12-14H,10-11,15-16H2,(H,32,34);1H. The molecule has 188 valence electrons. The molecule has 0 radical (unpaired) electrons. The largest absolute Gasteiger partial charge is 0.313 e. The number of anilines is 1. The van der Waals surface area contributed by atoms with Crippen LogP contribution in [0.5, 0.6) is 0 Å². The van der Waals surface area contributed by atoms with Crippen molar-refractivity contribution < 1.29 is 4.79 Å². The predicted molar refractivity (Wildman–Crippen MR) is 159 cm³/mol. The van der Waals surface area contributed by atoms with Crippen molar-refractivity contribution in [2.24, 2.45) is 0 Å². The first-order chi connectivity index (χ1) is 17.5. The van der Waals surface area contributed by atoms with Crippen LogP contribution in [-0.2, 0) is 19.5 Å². The molecule has 0 fully saturated rings. The Balaban J connectivity index is 0.00000280. The Labute approximate surface area is 239 Å². The number of fused-ring (bicyclic) bond motifs is 2. The van der Waals surface area contributed by atoms with Crippen molar-refractivity contribution in [2.45, 2.75) is 19.5 Å². The molecule has 1 aliphatic rings. The van der Waals surface area contributed by atoms with Crippen molar-refractivity contribution in [1.29, 1.82) is 0 Å². The van der Waals surface area contributed by atoms with Gasteiger partial charge in [-0.05, 0) is 47.9 Å². The minimum Gasteiger partial charge on any atom is -0.313 e. The van der Waals surface area contributed by atoms with Crippen molar-refractivity contribution in [3.8, 4) is 10.6 Å². The molecule has 3 heterocycles. The molecule has 5 aromatic rings. The van der Waals surface area contributed by atoms with E-state index < -0.39 is 0 Å². The molecular weight excluding hydrogens is 565 g/mol. The fourth-order valence-corrected chi connectivity index (χ4v) is 7.51. The number of thiophene rings is 1. The summed E-state index contributed by atoms with van der Waals surface area (Å²) in [5.41, 5.74) is 5.02. The number of aromatic nitrogens is 1. The van der Waals surface area contributed by atoms with Crippen LogP contribution in [0, 0.1) is 0 Å². The van der Waals surface area contributed by atoms with Crippen LogP contribution in [-0.4, -0.2) is 22.3 Å². The van der Waals surface area contributed by atoms with Crippen LogP contribution in [0.3, 0.4) is 0 Å². The highest BCUT2D eigenvalue weighted by Crippen LogP contribution is 2.46. The Hall–Kier alpha value is -2.45. The Morgan fingerprint density at radius 1 is 0.973 bits per heavy atom. The van der Waals surface area contributed by atoms with Gasteiger partial charge in [-0.25, -0.2) is 4.98 Å². The molecule has 0 unspecified atom stereocenters. The van der Waals surface area contributed by atoms with E-state index in [1.165, 1.54) is 16.0 Å². The number of hydrogen-bond donors (Lipinski definition) is 1. The summed E-state index contributed by atoms with van der Waals surface area (Å²) >= 11 is 15.6. The molecule has 0 saturated heterocycles. The number of thiazole rings is 1. The van der Waals surface area contributed by atoms with Gasteiger partial charge in [-0.15, -0.1) is 35.1 Å². The lowest BCUT2D eigenvalue weighted by Gasteiger charge is -2.27. The number of rotatable bonds is 5. The average Bonchev–Trinajstić information content (AvgIpc) is 3.44. The van der Waals surface area contributed by atoms with Crippen molar-refractivity contribution in [1.82, 2.24) is 9.88 Å². The first-order valence-electron chi connectivity index (χ1n) is 11.6. The van der Waals surface area contributed by atoms with E-state index >= 15 is 0 Å². The number of carbonyl (C=O) groups is 1. The van der Waals surface area contributed by atoms with Gasteiger partial charge in [-0.1, -0.05) is 65.7 Å². The first-order valence-corrected chi connectivity index (χ1v) is 14.0. The summed E-state index contributed by atoms with van der Waals surface area (Å²) in [7, 11) is 0. The topological polar surface area (TPSA) is 45.2 Å². The summed E-state index contributed by atoms with van der Waals surface area (Å²) in [5, 5.41) is 5.78. The fraction of sp³-hybridized carbons (Fsp3) is 0.143. The Bertz CT molecular complexity index is 1530. The minimum atomic E-state index is -0.235. The second-order valence-electron chi connectivity index (χ2n) is 8.75. The molecule has 1 aliphatic heterocycles. The zero-order valence-electron chi connectivity index (χ0n) is 19.5. The van der Waals surface area contributed by atoms with Gasteiger partial charge < -0.3 is 5.32 Å². The summed E-state index contributed by atoms with van der Waals surface area (Å²) in [6.45, 7) is 2.69. The number of amides is 1. The maximum absolute atomic E-state index is 13.2. The van der Waals surface area contributed by atoms with Crippen molar-refractivity contribution in [2.75, 3.05) is 11.9 Å². The third kappa shape index (κ3) is 5.55. The van der Waals surface area contributed by atoms with Crippen molar-refractivity contribution in [3.63, 3.8) is 0 Å². The summed E-state index contributed by atoms with van der Waals surface area (Å²) in [6, 6.07) is 23.6. The smallest absolute Gasteiger partial charge is 0.256 e. The SMILES string of the molecule is Cl.O=C(Nc1sc2c(c1-c1nc3ccccc3s1)CCN(Cc1ccccc1)C2)c1cc(Cl)cc(Cl)c1. The van der Waals surface area contributed by atoms with E-state index in [4.69, 9.17) is 28.2 Å². The van der Waals surface area contributed by atoms with E-state index in [9.17, 15) is 4.79 Å². The Morgan fingerprint density at radius 2 is 1.70 bits per heavy atom. The van der Waals surface area contributed by atoms with Crippen LogP contribution in [0.2, 0.25) is 10.0 Å². The molecule has 0 spiro atoms. The van der Waals surface area contributed by atoms with Gasteiger partial charge in [0.15, 0.2) is 0 Å². The van der Waals surface area contributed by atoms with Gasteiger partial charge >= 0.3 is 0 Å². The molecule has 4 nitrogen and oxygen atoms in total. The number of nitrogens with zero attached hydrogens (tertiary/aromatic N) is 2. The maximum atomic E-state index is 13.2. The van der Waals surface area contributed by atoms with Gasteiger partial charge in [0, 0.05) is 45.7 Å². The van der Waals surface area contributed by atoms with Gasteiger partial charge in [-0.2, -0.15) is 0 Å². The molecule has 1 amide bonds. The Morgan fingerprint density at radius 3 is 2.46 bits per heavy atom. The third-order valence-electron chi connectivity index (χ3n) is 6.24. The van der Waals surface area contributed by atoms with E-state index in [0.717, 1.165) is 51.8 Å². The van der Waals surface area contributed by atoms with Crippen LogP contribution in [0.25, 0.3) is 20.8 Å². The van der Waals surface area contributed by atoms with E-state index in [1.54, 1.807) is 40.9 Å². The molecular formula is C28H22Cl3N3OS2. The number of para-hydroxylation sites is 1. The lowest BCUT2D eigenvalue weighted by atomic mass is 10.0. The third-order valence-corrected chi connectivity index (χ3v) is 8.87. The quantitative estimate of drug-likeness (QED) is 0.224. The molecule has 0 aliphatic carbocycles. The molecule has 1 N–H and O–H groups in total. The zero-order chi connectivity index (χ0) is 24.6. The van der Waals surface area contributed by atoms with Gasteiger partial charge in [0.25, 0.3) is 5.91 Å². The second kappa shape index (κ2) is 11.1. The van der Waals surface area contributed by atoms with Crippen LogP contribution in [0.1, 0.15) is 26.4 Å². The van der Waals surface area contributed by atoms with Gasteiger partial charge in [-0.3, -0.25) is 9.69 Å². The lowest BCUT2D eigenvalue weighted by Crippen LogP contribution is -2.29. The van der Waals surface area contributed by atoms with Crippen LogP contribution >= 0.6 is 58.3 Å². The first kappa shape index (κ1) is 26.2. The van der Waals surface area contributed by atoms with Crippen LogP contribution in [0.15, 0.2) is 72.8 Å². The van der Waals surface area contributed by atoms with Crippen LogP contribution in [0.4, 0.5) is 5.00 Å². The minimum absolute atomic E-state index is 0. The molecule has 6 rings (SSSR count). The Kier molecular flexibility index (Phi) is 7.86. The molecule has 0 bridgehead atoms. The van der Waals surface area contributed by atoms with E-state index in [0.29, 0.717) is 15.6 Å². The van der Waals surface area contributed by atoms with Crippen molar-refractivity contribution in [3.05, 3.63) is 104 Å². The fourth-order valence-electron chi connectivity index (χ4n) is 4.59. The molecule has 2 aromatic heterocycles. The highest BCUT2D eigenvalue weighted by Gasteiger charge is 2.28. The van der Waals surface area contributed by atoms with Gasteiger partial charge in [0.1, 0.15) is 10.0 Å². The number of benzene rings is 3. The molecule has 0 saturated carbocycles. The summed E-state index contributed by atoms with van der Waals surface area (Å²) < 4.78 is 1.13. The predicted octanol–water partition coefficient (Wildman–Crippen LogP) is 8.56. The number of halogens is 3. The normalized spacial score (nSPS) is 13.2. The molecule has 9 heteroatoms. The average molecular weight is 587 g/mol. The second-order valence-corrected chi connectivity index (χ2v) is 11.8. The maximum Gasteiger partial charge on any atom is 0.256 e. The summed E-state index contributed by atoms with van der Waals surface area (Å²) in [6.07, 6.45) is 0.906. The lowest BCUT2D eigenvalue weighted by molar-refractivity contribution is 0.102. The van der Waals surface area contributed by atoms with E-state index in [1.807, 2.05) is 24.3 Å². The molecule has 37 heavy (non-hydrogen) atoms. The van der Waals surface area contributed by atoms with Gasteiger partial charge in [0.05, 0.1) is 10.2 Å². The number of nitrogens with one attached hydrogen (secondary N) is 1. The summed E-state index contributed by atoms with van der Waals surface area (Å²) in [4.78, 5) is 21.9. The number of hydrogen-bond acceptors (Lipinski definition) is 5. The van der Waals surface area contributed by atoms with E-state index in [2.05, 4.69) is 40.5 Å². The van der Waals surface area contributed by atoms with Crippen molar-refractivity contribution >= 4 is 79.4 Å². The monoisotopic (exact) mass is 585 g/mol.